The minimum Gasteiger partial charge on any atom is -0.479 e. The summed E-state index contributed by atoms with van der Waals surface area (Å²) < 4.78 is 11.0. The van der Waals surface area contributed by atoms with Gasteiger partial charge >= 0.3 is 0 Å². The van der Waals surface area contributed by atoms with Crippen LogP contribution in [0.5, 0.6) is 5.88 Å². The first-order valence-corrected chi connectivity index (χ1v) is 11.4. The van der Waals surface area contributed by atoms with Crippen molar-refractivity contribution in [3.05, 3.63) is 67.5 Å². The van der Waals surface area contributed by atoms with Gasteiger partial charge in [0.2, 0.25) is 17.7 Å². The van der Waals surface area contributed by atoms with Crippen LogP contribution >= 0.6 is 0 Å². The lowest BCUT2D eigenvalue weighted by Crippen LogP contribution is -2.36. The number of hydrogen-bond donors (Lipinski definition) is 2. The summed E-state index contributed by atoms with van der Waals surface area (Å²) in [4.78, 5) is 32.3. The Labute approximate surface area is 208 Å². The molecular formula is C26H25N7O3. The Morgan fingerprint density at radius 2 is 2.00 bits per heavy atom. The molecular weight excluding hydrogens is 458 g/mol. The first-order chi connectivity index (χ1) is 17.6. The van der Waals surface area contributed by atoms with Gasteiger partial charge in [-0.2, -0.15) is 4.98 Å². The second-order valence-electron chi connectivity index (χ2n) is 8.02. The van der Waals surface area contributed by atoms with Crippen molar-refractivity contribution in [2.45, 2.75) is 0 Å². The molecule has 1 saturated heterocycles. The van der Waals surface area contributed by atoms with Crippen LogP contribution in [0.4, 0.5) is 23.1 Å². The lowest BCUT2D eigenvalue weighted by molar-refractivity contribution is -0.111. The topological polar surface area (TPSA) is 114 Å². The Morgan fingerprint density at radius 3 is 2.81 bits per heavy atom. The van der Waals surface area contributed by atoms with Crippen molar-refractivity contribution in [1.29, 1.82) is 0 Å². The number of hydrogen-bond acceptors (Lipinski definition) is 9. The number of methoxy groups -OCH3 is 1. The van der Waals surface area contributed by atoms with E-state index in [4.69, 9.17) is 14.5 Å². The van der Waals surface area contributed by atoms with Crippen LogP contribution in [0.25, 0.3) is 22.2 Å². The molecule has 3 aromatic heterocycles. The smallest absolute Gasteiger partial charge is 0.247 e. The highest BCUT2D eigenvalue weighted by Crippen LogP contribution is 2.30. The number of nitrogens with one attached hydrogen (secondary N) is 2. The Hall–Kier alpha value is -4.57. The highest BCUT2D eigenvalue weighted by atomic mass is 16.5. The summed E-state index contributed by atoms with van der Waals surface area (Å²) in [7, 11) is 1.58. The van der Waals surface area contributed by atoms with E-state index in [1.807, 2.05) is 36.4 Å². The Bertz CT molecular complexity index is 1420. The van der Waals surface area contributed by atoms with E-state index < -0.39 is 0 Å². The molecule has 10 nitrogen and oxygen atoms in total. The third kappa shape index (κ3) is 4.93. The van der Waals surface area contributed by atoms with Crippen LogP contribution in [-0.4, -0.2) is 59.3 Å². The molecule has 0 atom stereocenters. The lowest BCUT2D eigenvalue weighted by Gasteiger charge is -2.28. The van der Waals surface area contributed by atoms with Crippen LogP contribution in [0.3, 0.4) is 0 Å². The van der Waals surface area contributed by atoms with E-state index in [1.54, 1.807) is 25.6 Å². The lowest BCUT2D eigenvalue weighted by atomic mass is 10.1. The minimum absolute atomic E-state index is 0.283. The molecule has 10 heteroatoms. The number of pyridine rings is 2. The molecule has 0 unspecified atom stereocenters. The van der Waals surface area contributed by atoms with E-state index in [9.17, 15) is 4.79 Å². The number of ether oxygens (including phenoxy) is 2. The number of anilines is 4. The van der Waals surface area contributed by atoms with Gasteiger partial charge in [-0.3, -0.25) is 9.78 Å². The van der Waals surface area contributed by atoms with Crippen molar-refractivity contribution in [1.82, 2.24) is 19.9 Å². The van der Waals surface area contributed by atoms with Crippen molar-refractivity contribution in [2.24, 2.45) is 0 Å². The van der Waals surface area contributed by atoms with Gasteiger partial charge in [0.15, 0.2) is 0 Å². The normalized spacial score (nSPS) is 13.3. The highest BCUT2D eigenvalue weighted by Gasteiger charge is 2.16. The maximum atomic E-state index is 11.7. The first-order valence-electron chi connectivity index (χ1n) is 11.4. The molecule has 2 N–H and O–H groups in total. The zero-order chi connectivity index (χ0) is 24.9. The molecule has 5 rings (SSSR count). The predicted molar refractivity (Wildman–Crippen MR) is 139 cm³/mol. The average Bonchev–Trinajstić information content (AvgIpc) is 2.93. The number of benzene rings is 1. The second kappa shape index (κ2) is 10.4. The molecule has 36 heavy (non-hydrogen) atoms. The number of carbonyl (C=O) groups excluding carboxylic acids is 1. The van der Waals surface area contributed by atoms with Crippen LogP contribution in [-0.2, 0) is 9.53 Å². The van der Waals surface area contributed by atoms with Crippen molar-refractivity contribution in [3.8, 4) is 17.1 Å². The van der Waals surface area contributed by atoms with Crippen LogP contribution in [0.1, 0.15) is 0 Å². The SMILES string of the molecule is C=CC(=O)Nc1cccc(-c2nccc3cnc(Nc4ccc(N5CCOCC5)nc4OC)nc23)c1. The molecule has 0 radical (unpaired) electrons. The van der Waals surface area contributed by atoms with E-state index in [1.165, 1.54) is 6.08 Å². The molecule has 4 aromatic rings. The molecule has 1 aromatic carbocycles. The summed E-state index contributed by atoms with van der Waals surface area (Å²) in [5.74, 6) is 1.37. The fourth-order valence-corrected chi connectivity index (χ4v) is 3.94. The molecule has 4 heterocycles. The fraction of sp³-hybridized carbons (Fsp3) is 0.192. The van der Waals surface area contributed by atoms with E-state index >= 15 is 0 Å². The van der Waals surface area contributed by atoms with Crippen LogP contribution in [0, 0.1) is 0 Å². The van der Waals surface area contributed by atoms with Gasteiger partial charge in [-0.25, -0.2) is 9.97 Å². The number of nitrogens with zero attached hydrogens (tertiary/aromatic N) is 5. The highest BCUT2D eigenvalue weighted by molar-refractivity contribution is 5.99. The molecule has 0 saturated carbocycles. The van der Waals surface area contributed by atoms with E-state index in [-0.39, 0.29) is 5.91 Å². The Morgan fingerprint density at radius 1 is 1.14 bits per heavy atom. The maximum absolute atomic E-state index is 11.7. The third-order valence-corrected chi connectivity index (χ3v) is 5.71. The number of carbonyl (C=O) groups is 1. The molecule has 1 aliphatic rings. The van der Waals surface area contributed by atoms with Gasteiger partial charge in [0.1, 0.15) is 17.0 Å². The average molecular weight is 484 g/mol. The number of rotatable bonds is 7. The zero-order valence-corrected chi connectivity index (χ0v) is 19.8. The van der Waals surface area contributed by atoms with Gasteiger partial charge < -0.3 is 25.0 Å². The quantitative estimate of drug-likeness (QED) is 0.379. The largest absolute Gasteiger partial charge is 0.479 e. The monoisotopic (exact) mass is 483 g/mol. The summed E-state index contributed by atoms with van der Waals surface area (Å²) in [6.07, 6.45) is 4.67. The van der Waals surface area contributed by atoms with Crippen molar-refractivity contribution in [2.75, 3.05) is 48.9 Å². The minimum atomic E-state index is -0.283. The number of morpholine rings is 1. The summed E-state index contributed by atoms with van der Waals surface area (Å²) in [6, 6.07) is 13.1. The number of amides is 1. The molecule has 1 amide bonds. The van der Waals surface area contributed by atoms with E-state index in [0.717, 1.165) is 29.9 Å². The van der Waals surface area contributed by atoms with Crippen LogP contribution in [0.2, 0.25) is 0 Å². The van der Waals surface area contributed by atoms with E-state index in [2.05, 4.69) is 37.1 Å². The third-order valence-electron chi connectivity index (χ3n) is 5.71. The maximum Gasteiger partial charge on any atom is 0.247 e. The number of fused-ring (bicyclic) bond motifs is 1. The van der Waals surface area contributed by atoms with Gasteiger partial charge in [0.25, 0.3) is 0 Å². The summed E-state index contributed by atoms with van der Waals surface area (Å²) in [5.41, 5.74) is 3.42. The molecule has 0 spiro atoms. The van der Waals surface area contributed by atoms with Crippen molar-refractivity contribution in [3.63, 3.8) is 0 Å². The molecule has 0 aliphatic carbocycles. The number of aromatic nitrogens is 4. The van der Waals surface area contributed by atoms with Gasteiger partial charge in [-0.05, 0) is 36.4 Å². The molecule has 182 valence electrons. The first kappa shape index (κ1) is 23.2. The fourth-order valence-electron chi connectivity index (χ4n) is 3.94. The zero-order valence-electron chi connectivity index (χ0n) is 19.8. The Balaban J connectivity index is 1.46. The van der Waals surface area contributed by atoms with Gasteiger partial charge in [0.05, 0.1) is 26.0 Å². The molecule has 0 bridgehead atoms. The van der Waals surface area contributed by atoms with Crippen LogP contribution in [0.15, 0.2) is 67.5 Å². The standard InChI is InChI=1S/C26H25N7O3/c1-3-22(34)29-19-6-4-5-17(15-19)23-24-18(9-10-27-23)16-28-26(32-24)30-20-7-8-21(31-25(20)35-2)33-11-13-36-14-12-33/h3-10,15-16H,1,11-14H2,2H3,(H,29,34)(H,28,30,32). The molecule has 1 fully saturated rings. The summed E-state index contributed by atoms with van der Waals surface area (Å²) in [6.45, 7) is 6.41. The second-order valence-corrected chi connectivity index (χ2v) is 8.02. The summed E-state index contributed by atoms with van der Waals surface area (Å²) >= 11 is 0. The Kier molecular flexibility index (Phi) is 6.67. The van der Waals surface area contributed by atoms with E-state index in [0.29, 0.717) is 47.6 Å². The van der Waals surface area contributed by atoms with Gasteiger partial charge in [-0.15, -0.1) is 0 Å². The van der Waals surface area contributed by atoms with Crippen molar-refractivity contribution < 1.29 is 14.3 Å². The summed E-state index contributed by atoms with van der Waals surface area (Å²) in [5, 5.41) is 6.83. The predicted octanol–water partition coefficient (Wildman–Crippen LogP) is 3.80. The van der Waals surface area contributed by atoms with Gasteiger partial charge in [0, 0.05) is 42.1 Å². The molecule has 1 aliphatic heterocycles. The van der Waals surface area contributed by atoms with Gasteiger partial charge in [-0.1, -0.05) is 18.7 Å². The van der Waals surface area contributed by atoms with Crippen LogP contribution < -0.4 is 20.3 Å². The van der Waals surface area contributed by atoms with Crippen molar-refractivity contribution >= 4 is 40.0 Å².